The Balaban J connectivity index is 2.69. The van der Waals surface area contributed by atoms with Gasteiger partial charge in [0.25, 0.3) is 0 Å². The molecule has 1 unspecified atom stereocenters. The van der Waals surface area contributed by atoms with Gasteiger partial charge in [0.05, 0.1) is 6.26 Å². The Morgan fingerprint density at radius 3 is 2.50 bits per heavy atom. The SMILES string of the molecule is CC(C)CC1CCCCN1S(C)(=O)=O. The number of piperidine rings is 1. The van der Waals surface area contributed by atoms with Gasteiger partial charge in [-0.05, 0) is 25.2 Å². The van der Waals surface area contributed by atoms with Crippen molar-refractivity contribution in [2.45, 2.75) is 45.6 Å². The molecular weight excluding hydrogens is 198 g/mol. The van der Waals surface area contributed by atoms with Crippen molar-refractivity contribution in [3.63, 3.8) is 0 Å². The van der Waals surface area contributed by atoms with Gasteiger partial charge in [-0.1, -0.05) is 20.3 Å². The molecule has 1 saturated heterocycles. The molecule has 1 atom stereocenters. The second kappa shape index (κ2) is 4.62. The van der Waals surface area contributed by atoms with Crippen LogP contribution in [0.25, 0.3) is 0 Å². The lowest BCUT2D eigenvalue weighted by Crippen LogP contribution is -2.43. The van der Waals surface area contributed by atoms with Gasteiger partial charge < -0.3 is 0 Å². The zero-order chi connectivity index (χ0) is 10.8. The summed E-state index contributed by atoms with van der Waals surface area (Å²) in [5, 5.41) is 0. The molecule has 0 saturated carbocycles. The first kappa shape index (κ1) is 12.0. The van der Waals surface area contributed by atoms with Gasteiger partial charge in [-0.3, -0.25) is 0 Å². The lowest BCUT2D eigenvalue weighted by atomic mass is 9.96. The van der Waals surface area contributed by atoms with E-state index in [0.717, 1.165) is 25.8 Å². The summed E-state index contributed by atoms with van der Waals surface area (Å²) in [6, 6.07) is 0.249. The summed E-state index contributed by atoms with van der Waals surface area (Å²) in [5.74, 6) is 0.572. The van der Waals surface area contributed by atoms with Gasteiger partial charge in [0.15, 0.2) is 0 Å². The standard InChI is InChI=1S/C10H21NO2S/c1-9(2)8-10-6-4-5-7-11(10)14(3,12)13/h9-10H,4-8H2,1-3H3. The zero-order valence-corrected chi connectivity index (χ0v) is 10.2. The average Bonchev–Trinajstić information content (AvgIpc) is 2.01. The van der Waals surface area contributed by atoms with Gasteiger partial charge >= 0.3 is 0 Å². The minimum atomic E-state index is -2.99. The highest BCUT2D eigenvalue weighted by atomic mass is 32.2. The van der Waals surface area contributed by atoms with Crippen molar-refractivity contribution < 1.29 is 8.42 Å². The van der Waals surface area contributed by atoms with E-state index in [9.17, 15) is 8.42 Å². The molecule has 0 radical (unpaired) electrons. The molecule has 1 fully saturated rings. The summed E-state index contributed by atoms with van der Waals surface area (Å²) in [6.45, 7) is 5.01. The van der Waals surface area contributed by atoms with E-state index in [1.54, 1.807) is 4.31 Å². The predicted molar refractivity (Wildman–Crippen MR) is 58.6 cm³/mol. The van der Waals surface area contributed by atoms with E-state index in [4.69, 9.17) is 0 Å². The first-order chi connectivity index (χ1) is 6.41. The summed E-state index contributed by atoms with van der Waals surface area (Å²) >= 11 is 0. The summed E-state index contributed by atoms with van der Waals surface area (Å²) in [7, 11) is -2.99. The maximum Gasteiger partial charge on any atom is 0.211 e. The van der Waals surface area contributed by atoms with Crippen LogP contribution < -0.4 is 0 Å². The van der Waals surface area contributed by atoms with E-state index < -0.39 is 10.0 Å². The highest BCUT2D eigenvalue weighted by Crippen LogP contribution is 2.24. The number of rotatable bonds is 3. The Hall–Kier alpha value is -0.0900. The Morgan fingerprint density at radius 1 is 1.36 bits per heavy atom. The molecule has 0 amide bonds. The van der Waals surface area contributed by atoms with Crippen molar-refractivity contribution in [2.75, 3.05) is 12.8 Å². The minimum absolute atomic E-state index is 0.249. The Morgan fingerprint density at radius 2 is 2.00 bits per heavy atom. The lowest BCUT2D eigenvalue weighted by Gasteiger charge is -2.34. The molecule has 1 rings (SSSR count). The second-order valence-corrected chi connectivity index (χ2v) is 6.59. The molecule has 0 spiro atoms. The quantitative estimate of drug-likeness (QED) is 0.726. The fourth-order valence-electron chi connectivity index (χ4n) is 2.19. The topological polar surface area (TPSA) is 37.4 Å². The van der Waals surface area contributed by atoms with E-state index in [-0.39, 0.29) is 6.04 Å². The van der Waals surface area contributed by atoms with Crippen LogP contribution in [0, 0.1) is 5.92 Å². The molecule has 1 aliphatic heterocycles. The second-order valence-electron chi connectivity index (χ2n) is 4.65. The maximum absolute atomic E-state index is 11.5. The summed E-state index contributed by atoms with van der Waals surface area (Å²) in [5.41, 5.74) is 0. The van der Waals surface area contributed by atoms with Gasteiger partial charge in [-0.15, -0.1) is 0 Å². The summed E-state index contributed by atoms with van der Waals surface area (Å²) < 4.78 is 24.7. The first-order valence-corrected chi connectivity index (χ1v) is 7.23. The van der Waals surface area contributed by atoms with Crippen molar-refractivity contribution in [1.29, 1.82) is 0 Å². The Bertz CT molecular complexity index is 272. The predicted octanol–water partition coefficient (Wildman–Crippen LogP) is 1.85. The van der Waals surface area contributed by atoms with Crippen molar-refractivity contribution in [3.05, 3.63) is 0 Å². The molecule has 84 valence electrons. The van der Waals surface area contributed by atoms with Crippen LogP contribution in [-0.2, 0) is 10.0 Å². The third kappa shape index (κ3) is 3.24. The Labute approximate surface area is 87.5 Å². The first-order valence-electron chi connectivity index (χ1n) is 5.38. The van der Waals surface area contributed by atoms with Crippen LogP contribution in [-0.4, -0.2) is 31.6 Å². The van der Waals surface area contributed by atoms with Crippen molar-refractivity contribution in [2.24, 2.45) is 5.92 Å². The monoisotopic (exact) mass is 219 g/mol. The number of nitrogens with zero attached hydrogens (tertiary/aromatic N) is 1. The van der Waals surface area contributed by atoms with Crippen LogP contribution >= 0.6 is 0 Å². The zero-order valence-electron chi connectivity index (χ0n) is 9.36. The number of hydrogen-bond donors (Lipinski definition) is 0. The fourth-order valence-corrected chi connectivity index (χ4v) is 3.38. The van der Waals surface area contributed by atoms with Crippen LogP contribution in [0.1, 0.15) is 39.5 Å². The third-order valence-corrected chi connectivity index (χ3v) is 4.08. The van der Waals surface area contributed by atoms with E-state index in [0.29, 0.717) is 5.92 Å². The van der Waals surface area contributed by atoms with E-state index in [1.807, 2.05) is 0 Å². The Kier molecular flexibility index (Phi) is 3.95. The third-order valence-electron chi connectivity index (χ3n) is 2.74. The molecule has 1 heterocycles. The number of sulfonamides is 1. The molecule has 0 N–H and O–H groups in total. The van der Waals surface area contributed by atoms with Gasteiger partial charge in [-0.2, -0.15) is 4.31 Å². The van der Waals surface area contributed by atoms with E-state index in [1.165, 1.54) is 12.7 Å². The van der Waals surface area contributed by atoms with Crippen LogP contribution in [0.4, 0.5) is 0 Å². The van der Waals surface area contributed by atoms with Gasteiger partial charge in [0.1, 0.15) is 0 Å². The van der Waals surface area contributed by atoms with Gasteiger partial charge in [0, 0.05) is 12.6 Å². The molecule has 0 aromatic heterocycles. The maximum atomic E-state index is 11.5. The highest BCUT2D eigenvalue weighted by molar-refractivity contribution is 7.88. The average molecular weight is 219 g/mol. The van der Waals surface area contributed by atoms with E-state index in [2.05, 4.69) is 13.8 Å². The molecular formula is C10H21NO2S. The summed E-state index contributed by atoms with van der Waals surface area (Å²) in [6.07, 6.45) is 5.54. The van der Waals surface area contributed by atoms with E-state index >= 15 is 0 Å². The normalized spacial score (nSPS) is 25.6. The summed E-state index contributed by atoms with van der Waals surface area (Å²) in [4.78, 5) is 0. The molecule has 14 heavy (non-hydrogen) atoms. The van der Waals surface area contributed by atoms with Crippen LogP contribution in [0.2, 0.25) is 0 Å². The molecule has 3 nitrogen and oxygen atoms in total. The molecule has 0 aromatic rings. The van der Waals surface area contributed by atoms with Crippen LogP contribution in [0.5, 0.6) is 0 Å². The molecule has 0 bridgehead atoms. The molecule has 0 aromatic carbocycles. The van der Waals surface area contributed by atoms with Crippen molar-refractivity contribution in [1.82, 2.24) is 4.31 Å². The lowest BCUT2D eigenvalue weighted by molar-refractivity contribution is 0.224. The largest absolute Gasteiger partial charge is 0.212 e. The van der Waals surface area contributed by atoms with Crippen molar-refractivity contribution in [3.8, 4) is 0 Å². The fraction of sp³-hybridized carbons (Fsp3) is 1.00. The van der Waals surface area contributed by atoms with Crippen molar-refractivity contribution >= 4 is 10.0 Å². The van der Waals surface area contributed by atoms with Crippen LogP contribution in [0.3, 0.4) is 0 Å². The minimum Gasteiger partial charge on any atom is -0.212 e. The van der Waals surface area contributed by atoms with Gasteiger partial charge in [-0.25, -0.2) is 8.42 Å². The number of hydrogen-bond acceptors (Lipinski definition) is 2. The highest BCUT2D eigenvalue weighted by Gasteiger charge is 2.29. The molecule has 4 heteroatoms. The molecule has 0 aliphatic carbocycles. The van der Waals surface area contributed by atoms with Crippen LogP contribution in [0.15, 0.2) is 0 Å². The smallest absolute Gasteiger partial charge is 0.211 e. The van der Waals surface area contributed by atoms with Gasteiger partial charge in [0.2, 0.25) is 10.0 Å². The molecule has 1 aliphatic rings.